The lowest BCUT2D eigenvalue weighted by molar-refractivity contribution is 0.565. The van der Waals surface area contributed by atoms with Crippen molar-refractivity contribution in [3.63, 3.8) is 0 Å². The van der Waals surface area contributed by atoms with Crippen LogP contribution in [0.5, 0.6) is 0 Å². The minimum Gasteiger partial charge on any atom is -0.388 e. The quantitative estimate of drug-likeness (QED) is 0.809. The van der Waals surface area contributed by atoms with E-state index in [1.54, 1.807) is 6.07 Å². The molecule has 0 heterocycles. The third-order valence-electron chi connectivity index (χ3n) is 5.31. The van der Waals surface area contributed by atoms with Crippen LogP contribution in [0.2, 0.25) is 0 Å². The molecule has 0 aliphatic heterocycles. The zero-order valence-corrected chi connectivity index (χ0v) is 14.3. The molecule has 0 amide bonds. The van der Waals surface area contributed by atoms with Gasteiger partial charge in [-0.1, -0.05) is 26.0 Å². The van der Waals surface area contributed by atoms with Crippen molar-refractivity contribution in [2.24, 2.45) is 11.3 Å². The minimum atomic E-state index is -0.178. The van der Waals surface area contributed by atoms with E-state index >= 15 is 0 Å². The molecule has 0 radical (unpaired) electrons. The molecule has 0 spiro atoms. The Morgan fingerprint density at radius 1 is 1.09 bits per heavy atom. The fourth-order valence-corrected chi connectivity index (χ4v) is 3.69. The summed E-state index contributed by atoms with van der Waals surface area (Å²) < 4.78 is 13.2. The Kier molecular flexibility index (Phi) is 4.05. The molecule has 0 saturated heterocycles. The number of aryl methyl sites for hydroxylation is 1. The zero-order valence-electron chi connectivity index (χ0n) is 14.3. The van der Waals surface area contributed by atoms with Gasteiger partial charge in [0.05, 0.1) is 0 Å². The Labute approximate surface area is 138 Å². The molecule has 2 unspecified atom stereocenters. The van der Waals surface area contributed by atoms with Crippen molar-refractivity contribution in [2.45, 2.75) is 26.7 Å². The normalized spacial score (nSPS) is 21.8. The number of hydrogen-bond donors (Lipinski definition) is 2. The summed E-state index contributed by atoms with van der Waals surface area (Å²) in [6, 6.07) is 13.6. The molecule has 1 fully saturated rings. The van der Waals surface area contributed by atoms with Crippen LogP contribution in [0.25, 0.3) is 0 Å². The molecular weight excluding hydrogens is 287 g/mol. The summed E-state index contributed by atoms with van der Waals surface area (Å²) in [4.78, 5) is 0. The van der Waals surface area contributed by atoms with E-state index in [1.165, 1.54) is 11.6 Å². The van der Waals surface area contributed by atoms with Crippen LogP contribution < -0.4 is 10.6 Å². The summed E-state index contributed by atoms with van der Waals surface area (Å²) in [5.74, 6) is 0.983. The molecular formula is C20H25FN2. The van der Waals surface area contributed by atoms with Gasteiger partial charge in [-0.2, -0.15) is 0 Å². The molecule has 122 valence electrons. The van der Waals surface area contributed by atoms with Gasteiger partial charge in [0.1, 0.15) is 5.82 Å². The average molecular weight is 312 g/mol. The Balaban J connectivity index is 1.68. The van der Waals surface area contributed by atoms with E-state index in [9.17, 15) is 4.39 Å². The van der Waals surface area contributed by atoms with Crippen molar-refractivity contribution in [3.05, 3.63) is 59.4 Å². The van der Waals surface area contributed by atoms with Gasteiger partial charge in [0, 0.05) is 25.0 Å². The summed E-state index contributed by atoms with van der Waals surface area (Å²) in [6.45, 7) is 7.51. The van der Waals surface area contributed by atoms with Gasteiger partial charge in [-0.15, -0.1) is 0 Å². The van der Waals surface area contributed by atoms with Crippen LogP contribution in [-0.4, -0.2) is 13.6 Å². The van der Waals surface area contributed by atoms with Crippen LogP contribution in [0.4, 0.5) is 15.8 Å². The van der Waals surface area contributed by atoms with Gasteiger partial charge in [-0.3, -0.25) is 0 Å². The number of anilines is 2. The molecule has 2 nitrogen and oxygen atoms in total. The van der Waals surface area contributed by atoms with Crippen molar-refractivity contribution < 1.29 is 4.39 Å². The van der Waals surface area contributed by atoms with Gasteiger partial charge in [-0.05, 0) is 65.6 Å². The second-order valence-electron chi connectivity index (χ2n) is 7.12. The van der Waals surface area contributed by atoms with Gasteiger partial charge in [0.25, 0.3) is 0 Å². The van der Waals surface area contributed by atoms with Crippen LogP contribution in [0, 0.1) is 24.1 Å². The van der Waals surface area contributed by atoms with E-state index in [1.807, 2.05) is 20.0 Å². The topological polar surface area (TPSA) is 24.1 Å². The Morgan fingerprint density at radius 3 is 2.39 bits per heavy atom. The molecule has 0 bridgehead atoms. The third-order valence-corrected chi connectivity index (χ3v) is 5.31. The van der Waals surface area contributed by atoms with Crippen molar-refractivity contribution in [3.8, 4) is 0 Å². The van der Waals surface area contributed by atoms with Crippen LogP contribution in [0.1, 0.15) is 30.9 Å². The summed E-state index contributed by atoms with van der Waals surface area (Å²) in [7, 11) is 1.94. The first-order chi connectivity index (χ1) is 10.9. The largest absolute Gasteiger partial charge is 0.388 e. The van der Waals surface area contributed by atoms with Crippen LogP contribution in [0.15, 0.2) is 42.5 Å². The van der Waals surface area contributed by atoms with Crippen molar-refractivity contribution in [1.82, 2.24) is 0 Å². The second-order valence-corrected chi connectivity index (χ2v) is 7.12. The lowest BCUT2D eigenvalue weighted by atomic mass is 10.0. The first-order valence-electron chi connectivity index (χ1n) is 8.21. The maximum Gasteiger partial charge on any atom is 0.123 e. The Morgan fingerprint density at radius 2 is 1.78 bits per heavy atom. The van der Waals surface area contributed by atoms with E-state index in [-0.39, 0.29) is 5.82 Å². The molecule has 2 aromatic rings. The molecule has 3 rings (SSSR count). The highest BCUT2D eigenvalue weighted by Gasteiger charge is 2.57. The highest BCUT2D eigenvalue weighted by molar-refractivity contribution is 5.51. The fraction of sp³-hybridized carbons (Fsp3) is 0.400. The van der Waals surface area contributed by atoms with E-state index in [4.69, 9.17) is 0 Å². The van der Waals surface area contributed by atoms with E-state index in [0.717, 1.165) is 23.5 Å². The van der Waals surface area contributed by atoms with Crippen LogP contribution in [0.3, 0.4) is 0 Å². The fourth-order valence-electron chi connectivity index (χ4n) is 3.69. The Bertz CT molecular complexity index is 691. The van der Waals surface area contributed by atoms with Gasteiger partial charge in [0.15, 0.2) is 0 Å². The predicted molar refractivity (Wildman–Crippen MR) is 95.6 cm³/mol. The Hall–Kier alpha value is -2.03. The first kappa shape index (κ1) is 15.9. The van der Waals surface area contributed by atoms with E-state index in [2.05, 4.69) is 48.7 Å². The standard InChI is InChI=1S/C20H25FN2/c1-13-11-15(21)7-10-18(13)23-12-17-19(20(17,2)3)14-5-8-16(22-4)9-6-14/h5-11,17,19,22-23H,12H2,1-4H3. The van der Waals surface area contributed by atoms with E-state index < -0.39 is 0 Å². The van der Waals surface area contributed by atoms with Crippen LogP contribution in [-0.2, 0) is 0 Å². The molecule has 2 aromatic carbocycles. The second kappa shape index (κ2) is 5.88. The summed E-state index contributed by atoms with van der Waals surface area (Å²) >= 11 is 0. The van der Waals surface area contributed by atoms with Crippen molar-refractivity contribution in [1.29, 1.82) is 0 Å². The number of nitrogens with one attached hydrogen (secondary N) is 2. The molecule has 23 heavy (non-hydrogen) atoms. The van der Waals surface area contributed by atoms with Crippen molar-refractivity contribution in [2.75, 3.05) is 24.2 Å². The third kappa shape index (κ3) is 3.05. The van der Waals surface area contributed by atoms with Gasteiger partial charge in [-0.25, -0.2) is 4.39 Å². The predicted octanol–water partition coefficient (Wildman–Crippen LogP) is 5.03. The van der Waals surface area contributed by atoms with Gasteiger partial charge < -0.3 is 10.6 Å². The summed E-state index contributed by atoms with van der Waals surface area (Å²) in [5, 5.41) is 6.66. The SMILES string of the molecule is CNc1ccc(C2C(CNc3ccc(F)cc3C)C2(C)C)cc1. The molecule has 1 aliphatic carbocycles. The van der Waals surface area contributed by atoms with Gasteiger partial charge in [0.2, 0.25) is 0 Å². The lowest BCUT2D eigenvalue weighted by Gasteiger charge is -2.10. The maximum atomic E-state index is 13.2. The highest BCUT2D eigenvalue weighted by atomic mass is 19.1. The molecule has 1 aliphatic rings. The van der Waals surface area contributed by atoms with Crippen LogP contribution >= 0.6 is 0 Å². The zero-order chi connectivity index (χ0) is 16.6. The highest BCUT2D eigenvalue weighted by Crippen LogP contribution is 2.64. The molecule has 0 aromatic heterocycles. The molecule has 2 N–H and O–H groups in total. The first-order valence-corrected chi connectivity index (χ1v) is 8.21. The number of benzene rings is 2. The lowest BCUT2D eigenvalue weighted by Crippen LogP contribution is -2.08. The van der Waals surface area contributed by atoms with E-state index in [0.29, 0.717) is 17.3 Å². The molecule has 2 atom stereocenters. The number of halogens is 1. The smallest absolute Gasteiger partial charge is 0.123 e. The minimum absolute atomic E-state index is 0.178. The number of hydrogen-bond acceptors (Lipinski definition) is 2. The summed E-state index contributed by atoms with van der Waals surface area (Å²) in [6.07, 6.45) is 0. The monoisotopic (exact) mass is 312 g/mol. The number of rotatable bonds is 5. The average Bonchev–Trinajstić information content (AvgIpc) is 3.07. The molecule has 1 saturated carbocycles. The van der Waals surface area contributed by atoms with Gasteiger partial charge >= 0.3 is 0 Å². The maximum absolute atomic E-state index is 13.2. The molecule has 3 heteroatoms. The summed E-state index contributed by atoms with van der Waals surface area (Å²) in [5.41, 5.74) is 4.82. The van der Waals surface area contributed by atoms with Crippen molar-refractivity contribution >= 4 is 11.4 Å².